The minimum atomic E-state index is -0.0701. The lowest BCUT2D eigenvalue weighted by Gasteiger charge is -2.21. The highest BCUT2D eigenvalue weighted by Gasteiger charge is 2.21. The van der Waals surface area contributed by atoms with E-state index < -0.39 is 0 Å². The van der Waals surface area contributed by atoms with Crippen LogP contribution in [0.15, 0.2) is 97.3 Å². The topological polar surface area (TPSA) is 25.8 Å². The second kappa shape index (κ2) is 8.74. The third-order valence-electron chi connectivity index (χ3n) is 5.76. The molecule has 4 heteroatoms. The number of nitrogens with zero attached hydrogens (tertiary/aromatic N) is 2. The SMILES string of the molecule is Cc1nc2ccc(C(c3cccnc3)c3ccccc3Cl)cc2c(Cl)c1-c1ccccc1. The zero-order chi connectivity index (χ0) is 22.1. The molecule has 2 aromatic heterocycles. The van der Waals surface area contributed by atoms with Gasteiger partial charge in [0.1, 0.15) is 0 Å². The minimum absolute atomic E-state index is 0.0701. The summed E-state index contributed by atoms with van der Waals surface area (Å²) in [5.74, 6) is -0.0701. The molecule has 0 bridgehead atoms. The fourth-order valence-corrected chi connectivity index (χ4v) is 4.93. The lowest BCUT2D eigenvalue weighted by atomic mass is 9.85. The monoisotopic (exact) mass is 454 g/mol. The maximum absolute atomic E-state index is 7.00. The Kier molecular flexibility index (Phi) is 5.65. The zero-order valence-electron chi connectivity index (χ0n) is 17.5. The van der Waals surface area contributed by atoms with Gasteiger partial charge in [-0.15, -0.1) is 0 Å². The Morgan fingerprint density at radius 3 is 2.31 bits per heavy atom. The first-order valence-electron chi connectivity index (χ1n) is 10.4. The van der Waals surface area contributed by atoms with Gasteiger partial charge in [0, 0.05) is 40.0 Å². The molecule has 2 heterocycles. The molecule has 0 saturated heterocycles. The molecule has 1 atom stereocenters. The molecule has 0 saturated carbocycles. The summed E-state index contributed by atoms with van der Waals surface area (Å²) in [5.41, 5.74) is 7.00. The van der Waals surface area contributed by atoms with Crippen molar-refractivity contribution in [2.75, 3.05) is 0 Å². The van der Waals surface area contributed by atoms with Gasteiger partial charge >= 0.3 is 0 Å². The number of aromatic nitrogens is 2. The number of hydrogen-bond acceptors (Lipinski definition) is 2. The number of aryl methyl sites for hydroxylation is 1. The van der Waals surface area contributed by atoms with Crippen LogP contribution in [-0.4, -0.2) is 9.97 Å². The number of rotatable bonds is 4. The number of hydrogen-bond donors (Lipinski definition) is 0. The van der Waals surface area contributed by atoms with Gasteiger partial charge in [0.05, 0.1) is 10.5 Å². The van der Waals surface area contributed by atoms with Gasteiger partial charge in [-0.3, -0.25) is 9.97 Å². The minimum Gasteiger partial charge on any atom is -0.264 e. The molecule has 0 N–H and O–H groups in total. The van der Waals surface area contributed by atoms with Crippen molar-refractivity contribution in [2.45, 2.75) is 12.8 Å². The fraction of sp³-hybridized carbons (Fsp3) is 0.0714. The summed E-state index contributed by atoms with van der Waals surface area (Å²) in [6.07, 6.45) is 3.67. The van der Waals surface area contributed by atoms with Crippen molar-refractivity contribution < 1.29 is 0 Å². The molecule has 0 amide bonds. The first-order valence-corrected chi connectivity index (χ1v) is 11.2. The van der Waals surface area contributed by atoms with Gasteiger partial charge in [0.25, 0.3) is 0 Å². The highest BCUT2D eigenvalue weighted by Crippen LogP contribution is 2.40. The lowest BCUT2D eigenvalue weighted by molar-refractivity contribution is 0.965. The molecule has 156 valence electrons. The normalized spacial score (nSPS) is 12.1. The van der Waals surface area contributed by atoms with E-state index in [0.717, 1.165) is 49.4 Å². The molecular weight excluding hydrogens is 435 g/mol. The zero-order valence-corrected chi connectivity index (χ0v) is 19.0. The summed E-state index contributed by atoms with van der Waals surface area (Å²) in [5, 5.41) is 2.36. The van der Waals surface area contributed by atoms with E-state index in [9.17, 15) is 0 Å². The van der Waals surface area contributed by atoms with Crippen LogP contribution in [0, 0.1) is 6.92 Å². The van der Waals surface area contributed by atoms with Crippen LogP contribution in [0.2, 0.25) is 10.0 Å². The van der Waals surface area contributed by atoms with Crippen LogP contribution in [0.5, 0.6) is 0 Å². The Morgan fingerprint density at radius 2 is 1.56 bits per heavy atom. The van der Waals surface area contributed by atoms with Gasteiger partial charge in [0.2, 0.25) is 0 Å². The molecule has 0 aliphatic carbocycles. The van der Waals surface area contributed by atoms with E-state index in [1.165, 1.54) is 0 Å². The molecule has 0 spiro atoms. The first-order chi connectivity index (χ1) is 15.6. The standard InChI is InChI=1S/C28H20Cl2N2/c1-18-26(19-8-3-2-4-9-19)28(30)23-16-20(13-14-25(23)32-18)27(21-10-7-15-31-17-21)22-11-5-6-12-24(22)29/h2-17,27H,1H3. The van der Waals surface area contributed by atoms with E-state index in [4.69, 9.17) is 28.2 Å². The maximum atomic E-state index is 7.00. The molecular formula is C28H20Cl2N2. The van der Waals surface area contributed by atoms with Crippen molar-refractivity contribution in [3.05, 3.63) is 130 Å². The fourth-order valence-electron chi connectivity index (χ4n) is 4.28. The Labute approximate surface area is 197 Å². The van der Waals surface area contributed by atoms with Crippen LogP contribution in [0.25, 0.3) is 22.0 Å². The van der Waals surface area contributed by atoms with Crippen LogP contribution < -0.4 is 0 Å². The smallest absolute Gasteiger partial charge is 0.0720 e. The van der Waals surface area contributed by atoms with Gasteiger partial charge < -0.3 is 0 Å². The summed E-state index contributed by atoms with van der Waals surface area (Å²) in [7, 11) is 0. The molecule has 32 heavy (non-hydrogen) atoms. The molecule has 5 rings (SSSR count). The van der Waals surface area contributed by atoms with Gasteiger partial charge in [-0.05, 0) is 53.4 Å². The van der Waals surface area contributed by atoms with E-state index in [2.05, 4.69) is 41.4 Å². The third-order valence-corrected chi connectivity index (χ3v) is 6.49. The van der Waals surface area contributed by atoms with Crippen LogP contribution >= 0.6 is 23.2 Å². The van der Waals surface area contributed by atoms with Crippen molar-refractivity contribution in [3.63, 3.8) is 0 Å². The summed E-state index contributed by atoms with van der Waals surface area (Å²) in [6.45, 7) is 2.00. The van der Waals surface area contributed by atoms with Gasteiger partial charge in [-0.1, -0.05) is 83.9 Å². The van der Waals surface area contributed by atoms with Gasteiger partial charge in [-0.2, -0.15) is 0 Å². The number of benzene rings is 3. The largest absolute Gasteiger partial charge is 0.264 e. The second-order valence-corrected chi connectivity index (χ2v) is 8.55. The Bertz CT molecular complexity index is 1400. The van der Waals surface area contributed by atoms with E-state index in [1.54, 1.807) is 6.20 Å². The van der Waals surface area contributed by atoms with E-state index in [1.807, 2.05) is 61.7 Å². The van der Waals surface area contributed by atoms with E-state index >= 15 is 0 Å². The second-order valence-electron chi connectivity index (χ2n) is 7.77. The van der Waals surface area contributed by atoms with Crippen LogP contribution in [0.1, 0.15) is 28.3 Å². The van der Waals surface area contributed by atoms with Crippen LogP contribution in [-0.2, 0) is 0 Å². The number of pyridine rings is 2. The van der Waals surface area contributed by atoms with Crippen LogP contribution in [0.3, 0.4) is 0 Å². The number of halogens is 2. The molecule has 2 nitrogen and oxygen atoms in total. The van der Waals surface area contributed by atoms with E-state index in [0.29, 0.717) is 5.02 Å². The molecule has 0 fully saturated rings. The van der Waals surface area contributed by atoms with Crippen molar-refractivity contribution in [3.8, 4) is 11.1 Å². The molecule has 1 unspecified atom stereocenters. The molecule has 5 aromatic rings. The van der Waals surface area contributed by atoms with E-state index in [-0.39, 0.29) is 5.92 Å². The quantitative estimate of drug-likeness (QED) is 0.274. The number of fused-ring (bicyclic) bond motifs is 1. The lowest BCUT2D eigenvalue weighted by Crippen LogP contribution is -2.05. The van der Waals surface area contributed by atoms with Crippen LogP contribution in [0.4, 0.5) is 0 Å². The Morgan fingerprint density at radius 1 is 0.781 bits per heavy atom. The summed E-state index contributed by atoms with van der Waals surface area (Å²) < 4.78 is 0. The average molecular weight is 455 g/mol. The molecule has 3 aromatic carbocycles. The van der Waals surface area contributed by atoms with Gasteiger partial charge in [0.15, 0.2) is 0 Å². The predicted octanol–water partition coefficient (Wildman–Crippen LogP) is 8.09. The maximum Gasteiger partial charge on any atom is 0.0720 e. The molecule has 0 aliphatic rings. The molecule has 0 aliphatic heterocycles. The van der Waals surface area contributed by atoms with Crippen molar-refractivity contribution in [1.29, 1.82) is 0 Å². The first kappa shape index (κ1) is 20.7. The highest BCUT2D eigenvalue weighted by molar-refractivity contribution is 6.38. The summed E-state index contributed by atoms with van der Waals surface area (Å²) in [6, 6.07) is 28.4. The van der Waals surface area contributed by atoms with Crippen molar-refractivity contribution in [2.24, 2.45) is 0 Å². The summed E-state index contributed by atoms with van der Waals surface area (Å²) in [4.78, 5) is 9.20. The Balaban J connectivity index is 1.74. The van der Waals surface area contributed by atoms with Crippen molar-refractivity contribution >= 4 is 34.1 Å². The summed E-state index contributed by atoms with van der Waals surface area (Å²) >= 11 is 13.6. The molecule has 0 radical (unpaired) electrons. The average Bonchev–Trinajstić information content (AvgIpc) is 2.82. The van der Waals surface area contributed by atoms with Gasteiger partial charge in [-0.25, -0.2) is 0 Å². The Hall–Kier alpha value is -3.20. The highest BCUT2D eigenvalue weighted by atomic mass is 35.5. The third kappa shape index (κ3) is 3.77. The predicted molar refractivity (Wildman–Crippen MR) is 134 cm³/mol. The van der Waals surface area contributed by atoms with Crippen molar-refractivity contribution in [1.82, 2.24) is 9.97 Å².